The van der Waals surface area contributed by atoms with Crippen LogP contribution in [0.15, 0.2) is 53.4 Å². The molecule has 2 aromatic carbocycles. The average Bonchev–Trinajstić information content (AvgIpc) is 2.82. The standard InChI is InChI=1S/C25H34N2O4S/c1-20(11-12-21-9-5-3-6-10-21)26-25(28)16-13-22-19-23(14-15-24(22)31-2)32(29,30)27-17-7-4-8-18-27/h3,5-6,9-10,14-15,19-20H,4,7-8,11-13,16-18H2,1-2H3,(H,26,28)/t20-/m1/s1. The molecule has 174 valence electrons. The monoisotopic (exact) mass is 458 g/mol. The Morgan fingerprint density at radius 2 is 1.78 bits per heavy atom. The van der Waals surface area contributed by atoms with Gasteiger partial charge in [0.2, 0.25) is 15.9 Å². The third-order valence-corrected chi connectivity index (χ3v) is 7.84. The van der Waals surface area contributed by atoms with Crippen LogP contribution in [0.3, 0.4) is 0 Å². The van der Waals surface area contributed by atoms with Gasteiger partial charge in [0, 0.05) is 25.6 Å². The molecular weight excluding hydrogens is 424 g/mol. The highest BCUT2D eigenvalue weighted by molar-refractivity contribution is 7.89. The third-order valence-electron chi connectivity index (χ3n) is 5.94. The molecule has 1 amide bonds. The molecule has 32 heavy (non-hydrogen) atoms. The second-order valence-corrected chi connectivity index (χ2v) is 10.4. The fourth-order valence-electron chi connectivity index (χ4n) is 4.06. The van der Waals surface area contributed by atoms with Crippen molar-refractivity contribution in [2.45, 2.75) is 62.8 Å². The lowest BCUT2D eigenvalue weighted by molar-refractivity contribution is -0.121. The Bertz CT molecular complexity index is 986. The summed E-state index contributed by atoms with van der Waals surface area (Å²) in [4.78, 5) is 12.8. The molecule has 0 aromatic heterocycles. The Kier molecular flexibility index (Phi) is 8.70. The van der Waals surface area contributed by atoms with E-state index in [2.05, 4.69) is 17.4 Å². The SMILES string of the molecule is COc1ccc(S(=O)(=O)N2CCCCC2)cc1CCC(=O)N[C@H](C)CCc1ccccc1. The van der Waals surface area contributed by atoms with Crippen molar-refractivity contribution in [1.82, 2.24) is 9.62 Å². The van der Waals surface area contributed by atoms with Crippen LogP contribution in [0.4, 0.5) is 0 Å². The number of nitrogens with one attached hydrogen (secondary N) is 1. The molecule has 1 aliphatic heterocycles. The minimum absolute atomic E-state index is 0.0445. The second kappa shape index (κ2) is 11.5. The number of piperidine rings is 1. The minimum Gasteiger partial charge on any atom is -0.496 e. The van der Waals surface area contributed by atoms with Gasteiger partial charge in [-0.15, -0.1) is 0 Å². The van der Waals surface area contributed by atoms with Crippen molar-refractivity contribution in [3.8, 4) is 5.75 Å². The quantitative estimate of drug-likeness (QED) is 0.585. The Balaban J connectivity index is 1.58. The molecule has 0 saturated carbocycles. The summed E-state index contributed by atoms with van der Waals surface area (Å²) in [7, 11) is -1.96. The van der Waals surface area contributed by atoms with Crippen LogP contribution in [0.1, 0.15) is 50.2 Å². The predicted molar refractivity (Wildman–Crippen MR) is 126 cm³/mol. The Morgan fingerprint density at radius 1 is 1.06 bits per heavy atom. The number of nitrogens with zero attached hydrogens (tertiary/aromatic N) is 1. The summed E-state index contributed by atoms with van der Waals surface area (Å²) in [5.41, 5.74) is 1.99. The lowest BCUT2D eigenvalue weighted by atomic mass is 10.1. The molecule has 6 nitrogen and oxygen atoms in total. The van der Waals surface area contributed by atoms with Crippen LogP contribution in [0.5, 0.6) is 5.75 Å². The van der Waals surface area contributed by atoms with E-state index in [1.807, 2.05) is 25.1 Å². The molecule has 3 rings (SSSR count). The number of amides is 1. The largest absolute Gasteiger partial charge is 0.496 e. The van der Waals surface area contributed by atoms with Crippen molar-refractivity contribution in [3.05, 3.63) is 59.7 Å². The smallest absolute Gasteiger partial charge is 0.243 e. The lowest BCUT2D eigenvalue weighted by Crippen LogP contribution is -2.35. The van der Waals surface area contributed by atoms with E-state index in [-0.39, 0.29) is 23.3 Å². The molecule has 7 heteroatoms. The summed E-state index contributed by atoms with van der Waals surface area (Å²) in [5, 5.41) is 3.05. The van der Waals surface area contributed by atoms with Crippen LogP contribution in [0.25, 0.3) is 0 Å². The van der Waals surface area contributed by atoms with Crippen molar-refractivity contribution >= 4 is 15.9 Å². The molecule has 0 unspecified atom stereocenters. The predicted octanol–water partition coefficient (Wildman–Crippen LogP) is 3.94. The topological polar surface area (TPSA) is 75.7 Å². The maximum atomic E-state index is 13.0. The van der Waals surface area contributed by atoms with E-state index < -0.39 is 10.0 Å². The van der Waals surface area contributed by atoms with E-state index in [0.29, 0.717) is 25.3 Å². The Morgan fingerprint density at radius 3 is 2.47 bits per heavy atom. The van der Waals surface area contributed by atoms with Crippen LogP contribution in [0.2, 0.25) is 0 Å². The number of carbonyl (C=O) groups is 1. The number of rotatable bonds is 10. The molecule has 1 atom stereocenters. The van der Waals surface area contributed by atoms with E-state index >= 15 is 0 Å². The van der Waals surface area contributed by atoms with Crippen LogP contribution in [-0.2, 0) is 27.7 Å². The van der Waals surface area contributed by atoms with Crippen molar-refractivity contribution in [2.75, 3.05) is 20.2 Å². The fraction of sp³-hybridized carbons (Fsp3) is 0.480. The summed E-state index contributed by atoms with van der Waals surface area (Å²) in [5.74, 6) is 0.560. The van der Waals surface area contributed by atoms with Crippen LogP contribution in [0, 0.1) is 0 Å². The molecule has 0 spiro atoms. The molecule has 0 radical (unpaired) electrons. The van der Waals surface area contributed by atoms with E-state index in [4.69, 9.17) is 4.74 Å². The zero-order valence-electron chi connectivity index (χ0n) is 19.0. The van der Waals surface area contributed by atoms with Gasteiger partial charge in [0.1, 0.15) is 5.75 Å². The van der Waals surface area contributed by atoms with Crippen molar-refractivity contribution in [1.29, 1.82) is 0 Å². The number of benzene rings is 2. The summed E-state index contributed by atoms with van der Waals surface area (Å²) < 4.78 is 33.0. The highest BCUT2D eigenvalue weighted by Crippen LogP contribution is 2.27. The average molecular weight is 459 g/mol. The molecule has 1 aliphatic rings. The van der Waals surface area contributed by atoms with Gasteiger partial charge in [-0.3, -0.25) is 4.79 Å². The van der Waals surface area contributed by atoms with Gasteiger partial charge in [-0.25, -0.2) is 8.42 Å². The summed E-state index contributed by atoms with van der Waals surface area (Å²) in [6.07, 6.45) is 5.33. The molecule has 1 heterocycles. The molecule has 0 aliphatic carbocycles. The maximum absolute atomic E-state index is 13.0. The normalized spacial score (nSPS) is 15.8. The minimum atomic E-state index is -3.52. The summed E-state index contributed by atoms with van der Waals surface area (Å²) in [6, 6.07) is 15.2. The Labute approximate surface area is 192 Å². The van der Waals surface area contributed by atoms with Crippen LogP contribution in [-0.4, -0.2) is 44.9 Å². The first kappa shape index (κ1) is 24.3. The number of hydrogen-bond donors (Lipinski definition) is 1. The molecule has 0 bridgehead atoms. The fourth-order valence-corrected chi connectivity index (χ4v) is 5.63. The van der Waals surface area contributed by atoms with Gasteiger partial charge in [-0.2, -0.15) is 4.31 Å². The highest BCUT2D eigenvalue weighted by Gasteiger charge is 2.26. The molecule has 1 N–H and O–H groups in total. The van der Waals surface area contributed by atoms with Crippen LogP contribution < -0.4 is 10.1 Å². The first-order valence-corrected chi connectivity index (χ1v) is 12.8. The number of methoxy groups -OCH3 is 1. The lowest BCUT2D eigenvalue weighted by Gasteiger charge is -2.26. The zero-order chi connectivity index (χ0) is 23.0. The molecule has 2 aromatic rings. The second-order valence-electron chi connectivity index (χ2n) is 8.43. The molecule has 1 fully saturated rings. The van der Waals surface area contributed by atoms with Gasteiger partial charge in [0.05, 0.1) is 12.0 Å². The van der Waals surface area contributed by atoms with E-state index in [9.17, 15) is 13.2 Å². The number of ether oxygens (including phenoxy) is 1. The Hall–Kier alpha value is -2.38. The van der Waals surface area contributed by atoms with E-state index in [1.165, 1.54) is 5.56 Å². The summed E-state index contributed by atoms with van der Waals surface area (Å²) >= 11 is 0. The zero-order valence-corrected chi connectivity index (χ0v) is 19.9. The highest BCUT2D eigenvalue weighted by atomic mass is 32.2. The third kappa shape index (κ3) is 6.56. The van der Waals surface area contributed by atoms with Crippen molar-refractivity contribution in [2.24, 2.45) is 0 Å². The van der Waals surface area contributed by atoms with Crippen molar-refractivity contribution in [3.63, 3.8) is 0 Å². The van der Waals surface area contributed by atoms with Crippen molar-refractivity contribution < 1.29 is 17.9 Å². The first-order chi connectivity index (χ1) is 15.4. The van der Waals surface area contributed by atoms with E-state index in [1.54, 1.807) is 29.6 Å². The number of sulfonamides is 1. The maximum Gasteiger partial charge on any atom is 0.243 e. The van der Waals surface area contributed by atoms with Gasteiger partial charge in [0.25, 0.3) is 0 Å². The summed E-state index contributed by atoms with van der Waals surface area (Å²) in [6.45, 7) is 3.13. The number of aryl methyl sites for hydroxylation is 2. The molecular formula is C25H34N2O4S. The first-order valence-electron chi connectivity index (χ1n) is 11.4. The number of hydrogen-bond acceptors (Lipinski definition) is 4. The van der Waals surface area contributed by atoms with Gasteiger partial charge in [0.15, 0.2) is 0 Å². The van der Waals surface area contributed by atoms with Gasteiger partial charge in [-0.1, -0.05) is 36.8 Å². The van der Waals surface area contributed by atoms with Gasteiger partial charge in [-0.05, 0) is 68.4 Å². The van der Waals surface area contributed by atoms with Gasteiger partial charge < -0.3 is 10.1 Å². The van der Waals surface area contributed by atoms with E-state index in [0.717, 1.165) is 37.7 Å². The molecule has 1 saturated heterocycles. The number of carbonyl (C=O) groups excluding carboxylic acids is 1. The van der Waals surface area contributed by atoms with Crippen LogP contribution >= 0.6 is 0 Å². The van der Waals surface area contributed by atoms with Gasteiger partial charge >= 0.3 is 0 Å².